The van der Waals surface area contributed by atoms with Gasteiger partial charge in [0.05, 0.1) is 32.1 Å². The molecule has 1 unspecified atom stereocenters. The van der Waals surface area contributed by atoms with Crippen molar-refractivity contribution in [3.05, 3.63) is 84.9 Å². The van der Waals surface area contributed by atoms with E-state index in [-0.39, 0.29) is 0 Å². The van der Waals surface area contributed by atoms with E-state index >= 15 is 0 Å². The van der Waals surface area contributed by atoms with Gasteiger partial charge in [-0.2, -0.15) is 0 Å². The maximum Gasteiger partial charge on any atom is 0.297 e. The molecule has 3 aromatic carbocycles. The van der Waals surface area contributed by atoms with Crippen LogP contribution in [0.15, 0.2) is 84.9 Å². The van der Waals surface area contributed by atoms with E-state index < -0.39 is 14.5 Å². The van der Waals surface area contributed by atoms with Gasteiger partial charge in [0.25, 0.3) is 5.52 Å². The number of para-hydroxylation sites is 1. The molecule has 34 heavy (non-hydrogen) atoms. The zero-order chi connectivity index (χ0) is 23.7. The Kier molecular flexibility index (Phi) is 7.01. The van der Waals surface area contributed by atoms with Crippen molar-refractivity contribution < 1.29 is 0 Å². The maximum absolute atomic E-state index is 2.63. The molecular formula is C31H42NP2+3. The largest absolute Gasteiger partial charge is 0.297 e. The molecule has 1 fully saturated rings. The fraction of sp³-hybridized carbons (Fsp3) is 0.419. The average Bonchev–Trinajstić information content (AvgIpc) is 3.14. The van der Waals surface area contributed by atoms with E-state index in [4.69, 9.17) is 0 Å². The maximum atomic E-state index is 2.63. The number of fused-ring (bicyclic) bond motifs is 3. The molecule has 2 aliphatic rings. The van der Waals surface area contributed by atoms with E-state index in [1.54, 1.807) is 21.6 Å². The van der Waals surface area contributed by atoms with Crippen molar-refractivity contribution in [2.45, 2.75) is 51.5 Å². The summed E-state index contributed by atoms with van der Waals surface area (Å²) >= 11 is 0. The Morgan fingerprint density at radius 3 is 1.82 bits per heavy atom. The summed E-state index contributed by atoms with van der Waals surface area (Å²) in [7, 11) is -0.397. The van der Waals surface area contributed by atoms with Crippen molar-refractivity contribution in [2.75, 3.05) is 32.1 Å². The van der Waals surface area contributed by atoms with Gasteiger partial charge in [-0.05, 0) is 43.2 Å². The van der Waals surface area contributed by atoms with Crippen molar-refractivity contribution in [2.24, 2.45) is 0 Å². The molecule has 3 heteroatoms. The summed E-state index contributed by atoms with van der Waals surface area (Å²) in [4.78, 5) is 0. The highest BCUT2D eigenvalue weighted by atomic mass is 31.2. The third-order valence-corrected chi connectivity index (χ3v) is 20.8. The Bertz CT molecular complexity index is 1050. The predicted molar refractivity (Wildman–Crippen MR) is 157 cm³/mol. The highest BCUT2D eigenvalue weighted by molar-refractivity contribution is 8.05. The highest BCUT2D eigenvalue weighted by Crippen LogP contribution is 2.85. The van der Waals surface area contributed by atoms with Gasteiger partial charge in [0.1, 0.15) is 17.9 Å². The minimum atomic E-state index is -1.82. The molecule has 0 aromatic heterocycles. The number of hydrogen-bond donors (Lipinski definition) is 0. The fourth-order valence-corrected chi connectivity index (χ4v) is 22.7. The second kappa shape index (κ2) is 9.85. The Morgan fingerprint density at radius 2 is 1.26 bits per heavy atom. The molecule has 1 nitrogen and oxygen atoms in total. The van der Waals surface area contributed by atoms with E-state index in [1.165, 1.54) is 61.6 Å². The van der Waals surface area contributed by atoms with Crippen LogP contribution in [0.25, 0.3) is 0 Å². The lowest BCUT2D eigenvalue weighted by Crippen LogP contribution is -2.58. The molecule has 0 N–H and O–H groups in total. The van der Waals surface area contributed by atoms with E-state index in [1.807, 2.05) is 0 Å². The molecule has 178 valence electrons. The zero-order valence-corrected chi connectivity index (χ0v) is 23.2. The first kappa shape index (κ1) is 24.2. The molecule has 1 saturated heterocycles. The molecule has 0 radical (unpaired) electrons. The second-order valence-electron chi connectivity index (χ2n) is 10.7. The van der Waals surface area contributed by atoms with Crippen LogP contribution in [0, 0.1) is 0 Å². The first-order valence-corrected chi connectivity index (χ1v) is 17.7. The molecular weight excluding hydrogens is 448 g/mol. The van der Waals surface area contributed by atoms with Crippen LogP contribution in [0.2, 0.25) is 0 Å². The molecule has 0 saturated carbocycles. The minimum absolute atomic E-state index is 0.731. The van der Waals surface area contributed by atoms with Gasteiger partial charge < -0.3 is 0 Å². The molecule has 3 aromatic rings. The first-order valence-electron chi connectivity index (χ1n) is 13.4. The Hall–Kier alpha value is -1.52. The lowest BCUT2D eigenvalue weighted by atomic mass is 10.2. The van der Waals surface area contributed by atoms with Crippen LogP contribution in [0.1, 0.15) is 46.0 Å². The molecule has 0 aliphatic carbocycles. The molecule has 5 rings (SSSR count). The topological polar surface area (TPSA) is 0 Å². The lowest BCUT2D eigenvalue weighted by molar-refractivity contribution is 0.350. The lowest BCUT2D eigenvalue weighted by Gasteiger charge is -2.47. The monoisotopic (exact) mass is 490 g/mol. The first-order chi connectivity index (χ1) is 16.6. The van der Waals surface area contributed by atoms with Crippen LogP contribution in [-0.2, 0) is 0 Å². The number of nitrogens with zero attached hydrogens (tertiary/aromatic N) is 1. The predicted octanol–water partition coefficient (Wildman–Crippen LogP) is 7.24. The molecule has 2 aliphatic heterocycles. The number of unbranched alkanes of at least 4 members (excludes halogenated alkanes) is 2. The summed E-state index contributed by atoms with van der Waals surface area (Å²) in [5.74, 6) is 0. The van der Waals surface area contributed by atoms with Gasteiger partial charge in [-0.25, -0.2) is 4.48 Å². The van der Waals surface area contributed by atoms with Crippen LogP contribution < -0.4 is 20.4 Å². The summed E-state index contributed by atoms with van der Waals surface area (Å²) < 4.78 is 1.18. The SMILES string of the molecule is CCCC[P+]1(CCCC)CCC[N+]2(C)c3ccccc3[P+](c3ccccc3)(c3ccccc3)[C@@H]21. The fourth-order valence-electron chi connectivity index (χ4n) is 7.33. The van der Waals surface area contributed by atoms with Crippen molar-refractivity contribution in [1.29, 1.82) is 0 Å². The van der Waals surface area contributed by atoms with Crippen molar-refractivity contribution in [3.8, 4) is 0 Å². The molecule has 0 amide bonds. The zero-order valence-electron chi connectivity index (χ0n) is 21.4. The quantitative estimate of drug-likeness (QED) is 0.231. The van der Waals surface area contributed by atoms with Crippen LogP contribution in [0.4, 0.5) is 5.69 Å². The van der Waals surface area contributed by atoms with E-state index in [0.717, 1.165) is 5.52 Å². The average molecular weight is 491 g/mol. The van der Waals surface area contributed by atoms with E-state index in [9.17, 15) is 0 Å². The van der Waals surface area contributed by atoms with Crippen molar-refractivity contribution in [1.82, 2.24) is 4.48 Å². The van der Waals surface area contributed by atoms with Crippen molar-refractivity contribution in [3.63, 3.8) is 0 Å². The molecule has 0 bridgehead atoms. The normalized spacial score (nSPS) is 24.4. The van der Waals surface area contributed by atoms with E-state index in [0.29, 0.717) is 0 Å². The summed E-state index contributed by atoms with van der Waals surface area (Å²) in [6, 6.07) is 33.2. The number of benzene rings is 3. The molecule has 2 heterocycles. The van der Waals surface area contributed by atoms with Crippen molar-refractivity contribution >= 4 is 36.1 Å². The molecule has 2 atom stereocenters. The Balaban J connectivity index is 1.88. The van der Waals surface area contributed by atoms with Gasteiger partial charge in [-0.1, -0.05) is 75.2 Å². The van der Waals surface area contributed by atoms with Gasteiger partial charge in [0.15, 0.2) is 11.0 Å². The highest BCUT2D eigenvalue weighted by Gasteiger charge is 2.79. The summed E-state index contributed by atoms with van der Waals surface area (Å²) in [6.07, 6.45) is 11.3. The van der Waals surface area contributed by atoms with Gasteiger partial charge in [0, 0.05) is 12.5 Å². The van der Waals surface area contributed by atoms with Gasteiger partial charge in [-0.3, -0.25) is 0 Å². The minimum Gasteiger partial charge on any atom is -0.225 e. The van der Waals surface area contributed by atoms with Crippen LogP contribution in [-0.4, -0.2) is 37.6 Å². The van der Waals surface area contributed by atoms with Crippen LogP contribution >= 0.6 is 14.5 Å². The number of quaternary nitrogens is 1. The number of rotatable bonds is 8. The smallest absolute Gasteiger partial charge is 0.225 e. The third kappa shape index (κ3) is 3.63. The summed E-state index contributed by atoms with van der Waals surface area (Å²) in [5.41, 5.74) is 2.36. The standard InChI is InChI=1S/C31H42NP2/c1-4-6-24-33(25-7-5-2)26-16-23-32(3)29-21-14-15-22-30(29)34(31(32)33,27-17-10-8-11-18-27)28-19-12-9-13-20-28/h8-15,17-22,31H,4-7,16,23-26H2,1-3H3/q+3/t31-,32?/m0/s1. The van der Waals surface area contributed by atoms with Gasteiger partial charge in [-0.15, -0.1) is 0 Å². The molecule has 0 spiro atoms. The van der Waals surface area contributed by atoms with Gasteiger partial charge in [0.2, 0.25) is 7.26 Å². The summed E-state index contributed by atoms with van der Waals surface area (Å²) in [5, 5.41) is 4.90. The van der Waals surface area contributed by atoms with Gasteiger partial charge >= 0.3 is 0 Å². The van der Waals surface area contributed by atoms with Crippen LogP contribution in [0.5, 0.6) is 0 Å². The Morgan fingerprint density at radius 1 is 0.735 bits per heavy atom. The number of hydrogen-bond acceptors (Lipinski definition) is 0. The van der Waals surface area contributed by atoms with E-state index in [2.05, 4.69) is 106 Å². The third-order valence-electron chi connectivity index (χ3n) is 8.63. The second-order valence-corrected chi connectivity index (χ2v) is 18.8. The Labute approximate surface area is 208 Å². The van der Waals surface area contributed by atoms with Crippen LogP contribution in [0.3, 0.4) is 0 Å². The summed E-state index contributed by atoms with van der Waals surface area (Å²) in [6.45, 7) is 6.09.